The fourth-order valence-corrected chi connectivity index (χ4v) is 2.18. The summed E-state index contributed by atoms with van der Waals surface area (Å²) < 4.78 is 12.4. The van der Waals surface area contributed by atoms with Gasteiger partial charge in [0.25, 0.3) is 0 Å². The molecule has 0 saturated carbocycles. The zero-order valence-electron chi connectivity index (χ0n) is 11.4. The zero-order chi connectivity index (χ0) is 14.4. The van der Waals surface area contributed by atoms with Crippen molar-refractivity contribution in [2.24, 2.45) is 5.73 Å². The Labute approximate surface area is 127 Å². The molecule has 0 atom stereocenters. The maximum Gasteiger partial charge on any atom is 0.126 e. The summed E-state index contributed by atoms with van der Waals surface area (Å²) in [6.45, 7) is 3.49. The van der Waals surface area contributed by atoms with Crippen molar-refractivity contribution < 1.29 is 9.47 Å². The molecule has 2 aromatic rings. The molecular formula is C16H18BrNO2. The van der Waals surface area contributed by atoms with Gasteiger partial charge in [0.2, 0.25) is 0 Å². The quantitative estimate of drug-likeness (QED) is 0.819. The van der Waals surface area contributed by atoms with Crippen LogP contribution in [-0.2, 0) is 6.54 Å². The number of hydrogen-bond donors (Lipinski definition) is 1. The zero-order valence-corrected chi connectivity index (χ0v) is 13.0. The molecule has 0 aliphatic heterocycles. The predicted molar refractivity (Wildman–Crippen MR) is 84.2 cm³/mol. The summed E-state index contributed by atoms with van der Waals surface area (Å²) in [4.78, 5) is 0. The summed E-state index contributed by atoms with van der Waals surface area (Å²) in [6.07, 6.45) is 0. The molecule has 3 nitrogen and oxygen atoms in total. The Bertz CT molecular complexity index is 555. The standard InChI is InChI=1S/C16H18BrNO2/c1-12-3-2-4-13(11-18)16(12)20-10-9-19-15-7-5-14(17)6-8-15/h2-8H,9-11,18H2,1H3. The minimum Gasteiger partial charge on any atom is -0.490 e. The van der Waals surface area contributed by atoms with Crippen LogP contribution >= 0.6 is 15.9 Å². The fraction of sp³-hybridized carbons (Fsp3) is 0.250. The molecule has 20 heavy (non-hydrogen) atoms. The van der Waals surface area contributed by atoms with Crippen LogP contribution in [0.5, 0.6) is 11.5 Å². The molecule has 0 heterocycles. The molecule has 2 rings (SSSR count). The normalized spacial score (nSPS) is 10.3. The van der Waals surface area contributed by atoms with Gasteiger partial charge >= 0.3 is 0 Å². The van der Waals surface area contributed by atoms with Crippen molar-refractivity contribution in [3.8, 4) is 11.5 Å². The second-order valence-electron chi connectivity index (χ2n) is 4.42. The van der Waals surface area contributed by atoms with Crippen LogP contribution < -0.4 is 15.2 Å². The lowest BCUT2D eigenvalue weighted by atomic mass is 10.1. The number of para-hydroxylation sites is 1. The van der Waals surface area contributed by atoms with E-state index >= 15 is 0 Å². The molecule has 106 valence electrons. The van der Waals surface area contributed by atoms with Gasteiger partial charge in [-0.15, -0.1) is 0 Å². The first-order valence-electron chi connectivity index (χ1n) is 6.50. The highest BCUT2D eigenvalue weighted by atomic mass is 79.9. The first-order valence-corrected chi connectivity index (χ1v) is 7.29. The lowest BCUT2D eigenvalue weighted by Crippen LogP contribution is -2.11. The van der Waals surface area contributed by atoms with Crippen LogP contribution in [0, 0.1) is 6.92 Å². The molecule has 4 heteroatoms. The van der Waals surface area contributed by atoms with E-state index in [2.05, 4.69) is 15.9 Å². The Hall–Kier alpha value is -1.52. The van der Waals surface area contributed by atoms with Gasteiger partial charge in [0.05, 0.1) is 0 Å². The summed E-state index contributed by atoms with van der Waals surface area (Å²) in [6, 6.07) is 13.7. The number of hydrogen-bond acceptors (Lipinski definition) is 3. The van der Waals surface area contributed by atoms with E-state index < -0.39 is 0 Å². The molecule has 0 amide bonds. The monoisotopic (exact) mass is 335 g/mol. The van der Waals surface area contributed by atoms with E-state index in [1.54, 1.807) is 0 Å². The van der Waals surface area contributed by atoms with Gasteiger partial charge < -0.3 is 15.2 Å². The van der Waals surface area contributed by atoms with Gasteiger partial charge in [0.15, 0.2) is 0 Å². The molecule has 0 spiro atoms. The molecule has 0 aliphatic rings. The Morgan fingerprint density at radius 1 is 1.00 bits per heavy atom. The van der Waals surface area contributed by atoms with Crippen molar-refractivity contribution in [1.82, 2.24) is 0 Å². The second-order valence-corrected chi connectivity index (χ2v) is 5.33. The number of ether oxygens (including phenoxy) is 2. The van der Waals surface area contributed by atoms with Crippen molar-refractivity contribution in [3.05, 3.63) is 58.1 Å². The van der Waals surface area contributed by atoms with Crippen LogP contribution in [0.3, 0.4) is 0 Å². The van der Waals surface area contributed by atoms with Gasteiger partial charge in [-0.05, 0) is 36.8 Å². The van der Waals surface area contributed by atoms with Crippen LogP contribution in [0.15, 0.2) is 46.9 Å². The number of benzene rings is 2. The molecule has 0 radical (unpaired) electrons. The number of rotatable bonds is 6. The summed E-state index contributed by atoms with van der Waals surface area (Å²) >= 11 is 3.39. The van der Waals surface area contributed by atoms with Crippen molar-refractivity contribution in [2.45, 2.75) is 13.5 Å². The topological polar surface area (TPSA) is 44.5 Å². The van der Waals surface area contributed by atoms with E-state index in [1.807, 2.05) is 49.4 Å². The third kappa shape index (κ3) is 3.99. The second kappa shape index (κ2) is 7.31. The highest BCUT2D eigenvalue weighted by Gasteiger charge is 2.05. The van der Waals surface area contributed by atoms with Gasteiger partial charge in [-0.3, -0.25) is 0 Å². The number of nitrogens with two attached hydrogens (primary N) is 1. The Morgan fingerprint density at radius 2 is 1.70 bits per heavy atom. The third-order valence-electron chi connectivity index (χ3n) is 2.93. The van der Waals surface area contributed by atoms with Crippen LogP contribution in [-0.4, -0.2) is 13.2 Å². The fourth-order valence-electron chi connectivity index (χ4n) is 1.91. The van der Waals surface area contributed by atoms with Gasteiger partial charge in [-0.2, -0.15) is 0 Å². The smallest absolute Gasteiger partial charge is 0.126 e. The SMILES string of the molecule is Cc1cccc(CN)c1OCCOc1ccc(Br)cc1. The average molecular weight is 336 g/mol. The maximum atomic E-state index is 5.79. The molecule has 0 unspecified atom stereocenters. The van der Waals surface area contributed by atoms with Crippen molar-refractivity contribution in [3.63, 3.8) is 0 Å². The van der Waals surface area contributed by atoms with Crippen molar-refractivity contribution >= 4 is 15.9 Å². The van der Waals surface area contributed by atoms with E-state index in [-0.39, 0.29) is 0 Å². The predicted octanol–water partition coefficient (Wildman–Crippen LogP) is 3.67. The minimum atomic E-state index is 0.477. The van der Waals surface area contributed by atoms with E-state index in [9.17, 15) is 0 Å². The Morgan fingerprint density at radius 3 is 2.40 bits per heavy atom. The molecule has 0 fully saturated rings. The molecule has 0 aliphatic carbocycles. The first kappa shape index (κ1) is 14.9. The molecular weight excluding hydrogens is 318 g/mol. The van der Waals surface area contributed by atoms with Gasteiger partial charge in [-0.1, -0.05) is 34.1 Å². The van der Waals surface area contributed by atoms with Crippen molar-refractivity contribution in [2.75, 3.05) is 13.2 Å². The van der Waals surface area contributed by atoms with Crippen molar-refractivity contribution in [1.29, 1.82) is 0 Å². The lowest BCUT2D eigenvalue weighted by molar-refractivity contribution is 0.215. The van der Waals surface area contributed by atoms with Crippen LogP contribution in [0.2, 0.25) is 0 Å². The summed E-state index contributed by atoms with van der Waals surface area (Å²) in [5.74, 6) is 1.70. The molecule has 2 aromatic carbocycles. The van der Waals surface area contributed by atoms with E-state index in [0.717, 1.165) is 27.1 Å². The highest BCUT2D eigenvalue weighted by molar-refractivity contribution is 9.10. The minimum absolute atomic E-state index is 0.477. The maximum absolute atomic E-state index is 5.79. The number of aryl methyl sites for hydroxylation is 1. The van der Waals surface area contributed by atoms with E-state index in [4.69, 9.17) is 15.2 Å². The van der Waals surface area contributed by atoms with Crippen LogP contribution in [0.4, 0.5) is 0 Å². The number of halogens is 1. The largest absolute Gasteiger partial charge is 0.490 e. The Balaban J connectivity index is 1.86. The molecule has 0 aromatic heterocycles. The van der Waals surface area contributed by atoms with Gasteiger partial charge in [0, 0.05) is 16.6 Å². The molecule has 0 bridgehead atoms. The van der Waals surface area contributed by atoms with Crippen LogP contribution in [0.1, 0.15) is 11.1 Å². The average Bonchev–Trinajstić information content (AvgIpc) is 2.46. The molecule has 2 N–H and O–H groups in total. The summed E-state index contributed by atoms with van der Waals surface area (Å²) in [7, 11) is 0. The lowest BCUT2D eigenvalue weighted by Gasteiger charge is -2.13. The van der Waals surface area contributed by atoms with E-state index in [0.29, 0.717) is 19.8 Å². The first-order chi connectivity index (χ1) is 9.70. The van der Waals surface area contributed by atoms with E-state index in [1.165, 1.54) is 0 Å². The summed E-state index contributed by atoms with van der Waals surface area (Å²) in [5, 5.41) is 0. The van der Waals surface area contributed by atoms with Crippen LogP contribution in [0.25, 0.3) is 0 Å². The summed E-state index contributed by atoms with van der Waals surface area (Å²) in [5.41, 5.74) is 7.83. The highest BCUT2D eigenvalue weighted by Crippen LogP contribution is 2.23. The van der Waals surface area contributed by atoms with Gasteiger partial charge in [-0.25, -0.2) is 0 Å². The Kier molecular flexibility index (Phi) is 5.44. The van der Waals surface area contributed by atoms with Gasteiger partial charge in [0.1, 0.15) is 24.7 Å². The third-order valence-corrected chi connectivity index (χ3v) is 3.45. The molecule has 0 saturated heterocycles.